The zero-order chi connectivity index (χ0) is 22.6. The Morgan fingerprint density at radius 1 is 0.733 bits per heavy atom. The summed E-state index contributed by atoms with van der Waals surface area (Å²) in [7, 11) is 0. The Morgan fingerprint density at radius 2 is 1.03 bits per heavy atom. The van der Waals surface area contributed by atoms with Gasteiger partial charge in [-0.1, -0.05) is 90.9 Å². The van der Waals surface area contributed by atoms with Crippen LogP contribution in [0.4, 0.5) is 0 Å². The van der Waals surface area contributed by atoms with Gasteiger partial charge in [-0.3, -0.25) is 0 Å². The summed E-state index contributed by atoms with van der Waals surface area (Å²) in [4.78, 5) is 18.6. The molecule has 0 aliphatic carbocycles. The SMILES string of the molecule is [CH2-]CCCCCCCC.[CH2-]CCCCCCCC.[Mo+3].[O-]P([O-])(=S)[S-].[c-]1ccccc1. The second-order valence-electron chi connectivity index (χ2n) is 6.77. The summed E-state index contributed by atoms with van der Waals surface area (Å²) in [6.45, 7) is 12.1. The van der Waals surface area contributed by atoms with Gasteiger partial charge in [0.05, 0.1) is 0 Å². The Kier molecular flexibility index (Phi) is 43.8. The third-order valence-electron chi connectivity index (χ3n) is 3.81. The molecule has 0 amide bonds. The summed E-state index contributed by atoms with van der Waals surface area (Å²) >= 11 is 7.28. The molecular formula is C24H43MoO2PS2-3. The molecule has 0 aromatic heterocycles. The van der Waals surface area contributed by atoms with Crippen LogP contribution < -0.4 is 9.79 Å². The Morgan fingerprint density at radius 3 is 1.23 bits per heavy atom. The molecular weight excluding hydrogens is 511 g/mol. The van der Waals surface area contributed by atoms with Crippen molar-refractivity contribution >= 4 is 29.7 Å². The third-order valence-corrected chi connectivity index (χ3v) is 3.81. The molecule has 1 rings (SSSR count). The predicted molar refractivity (Wildman–Crippen MR) is 134 cm³/mol. The summed E-state index contributed by atoms with van der Waals surface area (Å²) in [6, 6.07) is 12.5. The number of hydrogen-bond acceptors (Lipinski definition) is 4. The quantitative estimate of drug-likeness (QED) is 0.0909. The molecule has 0 heterocycles. The molecule has 0 unspecified atom stereocenters. The largest absolute Gasteiger partial charge is 3.00 e. The fraction of sp³-hybridized carbons (Fsp3) is 0.667. The van der Waals surface area contributed by atoms with Crippen LogP contribution in [0.25, 0.3) is 0 Å². The second kappa shape index (κ2) is 34.4. The molecule has 2 nitrogen and oxygen atoms in total. The summed E-state index contributed by atoms with van der Waals surface area (Å²) in [6.07, 6.45) is 18.9. The Balaban J connectivity index is -0.000000152. The minimum absolute atomic E-state index is 0. The molecule has 1 radical (unpaired) electrons. The first-order valence-electron chi connectivity index (χ1n) is 11.1. The zero-order valence-corrected chi connectivity index (χ0v) is 23.7. The maximum Gasteiger partial charge on any atom is 3.00 e. The molecule has 1 aromatic rings. The van der Waals surface area contributed by atoms with Gasteiger partial charge in [-0.05, 0) is 0 Å². The van der Waals surface area contributed by atoms with Gasteiger partial charge in [0.2, 0.25) is 0 Å². The Labute approximate surface area is 213 Å². The van der Waals surface area contributed by atoms with E-state index in [1.54, 1.807) is 0 Å². The summed E-state index contributed by atoms with van der Waals surface area (Å²) in [5.41, 5.74) is -3.72. The number of unbranched alkanes of at least 4 members (excludes halogenated alkanes) is 12. The Bertz CT molecular complexity index is 356. The number of hydrogen-bond donors (Lipinski definition) is 0. The average molecular weight is 555 g/mol. The van der Waals surface area contributed by atoms with Crippen molar-refractivity contribution < 1.29 is 30.9 Å². The van der Waals surface area contributed by atoms with Crippen LogP contribution in [0.1, 0.15) is 104 Å². The van der Waals surface area contributed by atoms with Crippen molar-refractivity contribution in [3.05, 3.63) is 50.2 Å². The molecule has 0 spiro atoms. The van der Waals surface area contributed by atoms with E-state index in [0.29, 0.717) is 0 Å². The summed E-state index contributed by atoms with van der Waals surface area (Å²) < 4.78 is 0. The smallest absolute Gasteiger partial charge is 0.850 e. The van der Waals surface area contributed by atoms with Crippen LogP contribution >= 0.6 is 5.69 Å². The molecule has 0 aliphatic rings. The van der Waals surface area contributed by atoms with Crippen LogP contribution in [0, 0.1) is 19.9 Å². The van der Waals surface area contributed by atoms with Gasteiger partial charge < -0.3 is 41.6 Å². The van der Waals surface area contributed by atoms with E-state index in [9.17, 15) is 9.79 Å². The molecule has 0 aliphatic heterocycles. The maximum absolute atomic E-state index is 9.29. The number of rotatable bonds is 12. The van der Waals surface area contributed by atoms with Gasteiger partial charge >= 0.3 is 21.1 Å². The molecule has 0 N–H and O–H groups in total. The van der Waals surface area contributed by atoms with Crippen molar-refractivity contribution in [3.8, 4) is 0 Å². The van der Waals surface area contributed by atoms with Gasteiger partial charge in [0.25, 0.3) is 0 Å². The van der Waals surface area contributed by atoms with Crippen LogP contribution in [0.3, 0.4) is 0 Å². The molecule has 30 heavy (non-hydrogen) atoms. The van der Waals surface area contributed by atoms with Crippen LogP contribution in [-0.2, 0) is 45.1 Å². The average Bonchev–Trinajstić information content (AvgIpc) is 2.69. The van der Waals surface area contributed by atoms with Crippen LogP contribution in [0.5, 0.6) is 0 Å². The first kappa shape index (κ1) is 38.1. The normalized spacial score (nSPS) is 9.57. The number of benzene rings is 1. The van der Waals surface area contributed by atoms with Crippen molar-refractivity contribution in [2.45, 2.75) is 104 Å². The van der Waals surface area contributed by atoms with E-state index in [4.69, 9.17) is 0 Å². The van der Waals surface area contributed by atoms with Crippen LogP contribution in [0.2, 0.25) is 0 Å². The van der Waals surface area contributed by atoms with E-state index in [2.05, 4.69) is 57.8 Å². The van der Waals surface area contributed by atoms with Crippen molar-refractivity contribution in [1.82, 2.24) is 0 Å². The molecule has 0 saturated carbocycles. The van der Waals surface area contributed by atoms with Crippen LogP contribution in [-0.4, -0.2) is 0 Å². The minimum atomic E-state index is -3.72. The van der Waals surface area contributed by atoms with Gasteiger partial charge in [0, 0.05) is 0 Å². The molecule has 0 bridgehead atoms. The molecule has 1 aromatic carbocycles. The van der Waals surface area contributed by atoms with E-state index in [-0.39, 0.29) is 21.1 Å². The van der Waals surface area contributed by atoms with Crippen molar-refractivity contribution in [1.29, 1.82) is 0 Å². The van der Waals surface area contributed by atoms with E-state index in [0.717, 1.165) is 12.8 Å². The van der Waals surface area contributed by atoms with Crippen LogP contribution in [0.15, 0.2) is 30.3 Å². The topological polar surface area (TPSA) is 46.1 Å². The van der Waals surface area contributed by atoms with E-state index in [1.165, 1.54) is 77.0 Å². The summed E-state index contributed by atoms with van der Waals surface area (Å²) in [5.74, 6) is 0. The predicted octanol–water partition coefficient (Wildman–Crippen LogP) is 7.10. The van der Waals surface area contributed by atoms with Crippen molar-refractivity contribution in [2.75, 3.05) is 0 Å². The maximum atomic E-state index is 9.29. The van der Waals surface area contributed by atoms with E-state index in [1.807, 2.05) is 30.3 Å². The fourth-order valence-electron chi connectivity index (χ4n) is 2.26. The molecule has 0 saturated heterocycles. The van der Waals surface area contributed by atoms with Crippen molar-refractivity contribution in [2.24, 2.45) is 0 Å². The van der Waals surface area contributed by atoms with Gasteiger partial charge in [0.15, 0.2) is 0 Å². The van der Waals surface area contributed by atoms with Gasteiger partial charge in [-0.15, -0.1) is 0 Å². The zero-order valence-electron chi connectivity index (χ0n) is 19.2. The second-order valence-corrected chi connectivity index (χ2v) is 11.2. The first-order valence-corrected chi connectivity index (χ1v) is 14.7. The fourth-order valence-corrected chi connectivity index (χ4v) is 2.26. The Hall–Kier alpha value is 0.828. The van der Waals surface area contributed by atoms with Gasteiger partial charge in [-0.2, -0.15) is 61.0 Å². The molecule has 0 fully saturated rings. The molecule has 0 atom stereocenters. The molecule has 6 heteroatoms. The first-order chi connectivity index (χ1) is 13.8. The van der Waals surface area contributed by atoms with Gasteiger partial charge in [0.1, 0.15) is 0 Å². The summed E-state index contributed by atoms with van der Waals surface area (Å²) in [5, 5.41) is 0. The standard InChI is InChI=1S/2C9H19.C6H5.Mo.H3O2PS2/c2*1-3-5-7-9-8-6-4-2;1-2-4-6-5-3-1;;1-3(2,4)5/h2*1,3-9H2,2H3;1-5H;;(H3,1,2,4,5)/q3*-1;+3;/p-3. The van der Waals surface area contributed by atoms with E-state index >= 15 is 0 Å². The molecule has 177 valence electrons. The van der Waals surface area contributed by atoms with Gasteiger partial charge in [-0.25, -0.2) is 0 Å². The third kappa shape index (κ3) is 63.0. The van der Waals surface area contributed by atoms with Crippen molar-refractivity contribution in [3.63, 3.8) is 0 Å². The monoisotopic (exact) mass is 556 g/mol. The van der Waals surface area contributed by atoms with E-state index < -0.39 is 5.69 Å². The minimum Gasteiger partial charge on any atom is -0.850 e.